The van der Waals surface area contributed by atoms with Crippen molar-refractivity contribution in [3.63, 3.8) is 0 Å². The number of rotatable bonds is 13. The second kappa shape index (κ2) is 14.8. The number of sulfonamides is 1. The van der Waals surface area contributed by atoms with Gasteiger partial charge in [0.2, 0.25) is 11.8 Å². The van der Waals surface area contributed by atoms with Gasteiger partial charge >= 0.3 is 0 Å². The zero-order chi connectivity index (χ0) is 32.6. The van der Waals surface area contributed by atoms with E-state index in [2.05, 4.69) is 5.32 Å². The molecule has 1 atom stereocenters. The Morgan fingerprint density at radius 1 is 0.867 bits per heavy atom. The molecule has 0 fully saturated rings. The molecule has 234 valence electrons. The van der Waals surface area contributed by atoms with E-state index < -0.39 is 39.3 Å². The highest BCUT2D eigenvalue weighted by Crippen LogP contribution is 2.27. The number of halogens is 1. The van der Waals surface area contributed by atoms with Crippen molar-refractivity contribution in [1.29, 1.82) is 0 Å². The fourth-order valence-corrected chi connectivity index (χ4v) is 6.36. The van der Waals surface area contributed by atoms with Crippen molar-refractivity contribution in [3.8, 4) is 0 Å². The van der Waals surface area contributed by atoms with Gasteiger partial charge in [0.15, 0.2) is 0 Å². The largest absolute Gasteiger partial charge is 0.352 e. The predicted molar refractivity (Wildman–Crippen MR) is 173 cm³/mol. The number of carbonyl (C=O) groups excluding carboxylic acids is 2. The van der Waals surface area contributed by atoms with E-state index in [-0.39, 0.29) is 35.3 Å². The van der Waals surface area contributed by atoms with Crippen LogP contribution in [-0.2, 0) is 32.6 Å². The minimum absolute atomic E-state index is 0.0433. The van der Waals surface area contributed by atoms with E-state index in [4.69, 9.17) is 11.6 Å². The normalized spacial score (nSPS) is 11.9. The van der Waals surface area contributed by atoms with Crippen LogP contribution in [0, 0.1) is 10.1 Å². The molecule has 0 aliphatic rings. The van der Waals surface area contributed by atoms with Crippen LogP contribution in [0.1, 0.15) is 25.0 Å². The Balaban J connectivity index is 1.82. The Hall–Kier alpha value is -4.74. The van der Waals surface area contributed by atoms with Gasteiger partial charge in [0, 0.05) is 36.2 Å². The summed E-state index contributed by atoms with van der Waals surface area (Å²) in [6.07, 6.45) is 0.151. The smallest absolute Gasteiger partial charge is 0.269 e. The summed E-state index contributed by atoms with van der Waals surface area (Å²) >= 11 is 6.50. The van der Waals surface area contributed by atoms with Crippen molar-refractivity contribution in [1.82, 2.24) is 10.2 Å². The molecule has 4 aromatic rings. The van der Waals surface area contributed by atoms with Crippen LogP contribution in [0.15, 0.2) is 114 Å². The van der Waals surface area contributed by atoms with Crippen LogP contribution in [0.3, 0.4) is 0 Å². The van der Waals surface area contributed by atoms with Gasteiger partial charge in [-0.25, -0.2) is 8.42 Å². The van der Waals surface area contributed by atoms with E-state index in [1.54, 1.807) is 56.3 Å². The van der Waals surface area contributed by atoms with Crippen molar-refractivity contribution in [2.24, 2.45) is 0 Å². The summed E-state index contributed by atoms with van der Waals surface area (Å²) in [6.45, 7) is 2.83. The van der Waals surface area contributed by atoms with E-state index >= 15 is 0 Å². The maximum absolute atomic E-state index is 14.4. The molecule has 0 spiro atoms. The minimum Gasteiger partial charge on any atom is -0.352 e. The average Bonchev–Trinajstić information content (AvgIpc) is 3.02. The number of nitrogens with one attached hydrogen (secondary N) is 1. The minimum atomic E-state index is -4.33. The van der Waals surface area contributed by atoms with Crippen molar-refractivity contribution in [2.75, 3.05) is 10.8 Å². The molecule has 4 rings (SSSR count). The molecule has 0 aliphatic carbocycles. The van der Waals surface area contributed by atoms with Crippen LogP contribution in [-0.4, -0.2) is 48.7 Å². The van der Waals surface area contributed by atoms with E-state index in [1.165, 1.54) is 41.3 Å². The van der Waals surface area contributed by atoms with Crippen LogP contribution in [0.25, 0.3) is 0 Å². The summed E-state index contributed by atoms with van der Waals surface area (Å²) in [6, 6.07) is 27.3. The number of nitrogens with zero attached hydrogens (tertiary/aromatic N) is 3. The molecule has 0 radical (unpaired) electrons. The molecule has 0 aliphatic heterocycles. The Morgan fingerprint density at radius 3 is 2.02 bits per heavy atom. The monoisotopic (exact) mass is 648 g/mol. The Labute approximate surface area is 267 Å². The topological polar surface area (TPSA) is 130 Å². The molecule has 4 aromatic carbocycles. The molecule has 0 heterocycles. The Morgan fingerprint density at radius 2 is 1.44 bits per heavy atom. The SMILES string of the molecule is CC(C)NC(=O)[C@@H](Cc1ccccc1)N(Cc1ccccc1Cl)C(=O)CN(c1ccc([N+](=O)[O-])cc1)S(=O)(=O)c1ccccc1. The van der Waals surface area contributed by atoms with E-state index in [0.717, 1.165) is 9.87 Å². The standard InChI is InChI=1S/C33H33ClN4O6S/c1-24(2)35-33(40)31(21-25-11-5-3-6-12-25)36(22-26-13-9-10-16-30(26)34)32(39)23-37(27-17-19-28(20-18-27)38(41)42)45(43,44)29-14-7-4-8-15-29/h3-20,24,31H,21-23H2,1-2H3,(H,35,40)/t31-/m1/s1. The first kappa shape index (κ1) is 33.2. The Bertz CT molecular complexity index is 1740. The molecular weight excluding hydrogens is 616 g/mol. The molecule has 0 saturated carbocycles. The number of benzene rings is 4. The van der Waals surface area contributed by atoms with Gasteiger partial charge in [-0.3, -0.25) is 24.0 Å². The first-order chi connectivity index (χ1) is 21.5. The molecule has 2 amide bonds. The van der Waals surface area contributed by atoms with Crippen LogP contribution in [0.2, 0.25) is 5.02 Å². The van der Waals surface area contributed by atoms with Crippen molar-refractivity contribution < 1.29 is 22.9 Å². The van der Waals surface area contributed by atoms with Crippen LogP contribution < -0.4 is 9.62 Å². The molecule has 0 aromatic heterocycles. The van der Waals surface area contributed by atoms with Gasteiger partial charge < -0.3 is 10.2 Å². The fourth-order valence-electron chi connectivity index (χ4n) is 4.73. The summed E-state index contributed by atoms with van der Waals surface area (Å²) in [5.74, 6) is -1.09. The number of carbonyl (C=O) groups is 2. The molecule has 12 heteroatoms. The lowest BCUT2D eigenvalue weighted by atomic mass is 10.0. The molecule has 1 N–H and O–H groups in total. The highest BCUT2D eigenvalue weighted by molar-refractivity contribution is 7.92. The van der Waals surface area contributed by atoms with Gasteiger partial charge in [0.05, 0.1) is 15.5 Å². The number of hydrogen-bond acceptors (Lipinski definition) is 6. The fraction of sp³-hybridized carbons (Fsp3) is 0.212. The van der Waals surface area contributed by atoms with Gasteiger partial charge in [-0.2, -0.15) is 0 Å². The maximum atomic E-state index is 14.4. The van der Waals surface area contributed by atoms with Gasteiger partial charge in [-0.15, -0.1) is 0 Å². The molecule has 0 unspecified atom stereocenters. The lowest BCUT2D eigenvalue weighted by Gasteiger charge is -2.34. The zero-order valence-electron chi connectivity index (χ0n) is 24.7. The lowest BCUT2D eigenvalue weighted by molar-refractivity contribution is -0.384. The third-order valence-electron chi connectivity index (χ3n) is 6.96. The predicted octanol–water partition coefficient (Wildman–Crippen LogP) is 5.61. The summed E-state index contributed by atoms with van der Waals surface area (Å²) in [7, 11) is -4.33. The van der Waals surface area contributed by atoms with Gasteiger partial charge in [0.25, 0.3) is 15.7 Å². The van der Waals surface area contributed by atoms with Crippen LogP contribution >= 0.6 is 11.6 Å². The maximum Gasteiger partial charge on any atom is 0.269 e. The molecule has 10 nitrogen and oxygen atoms in total. The van der Waals surface area contributed by atoms with Crippen LogP contribution in [0.4, 0.5) is 11.4 Å². The van der Waals surface area contributed by atoms with E-state index in [0.29, 0.717) is 10.6 Å². The van der Waals surface area contributed by atoms with Gasteiger partial charge in [-0.1, -0.05) is 78.3 Å². The highest BCUT2D eigenvalue weighted by Gasteiger charge is 2.35. The third kappa shape index (κ3) is 8.46. The van der Waals surface area contributed by atoms with E-state index in [9.17, 15) is 28.1 Å². The first-order valence-corrected chi connectivity index (χ1v) is 16.0. The van der Waals surface area contributed by atoms with Crippen LogP contribution in [0.5, 0.6) is 0 Å². The quantitative estimate of drug-likeness (QED) is 0.148. The summed E-state index contributed by atoms with van der Waals surface area (Å²) in [5.41, 5.74) is 1.16. The summed E-state index contributed by atoms with van der Waals surface area (Å²) in [5, 5.41) is 14.6. The van der Waals surface area contributed by atoms with Crippen molar-refractivity contribution in [2.45, 2.75) is 43.8 Å². The molecule has 0 saturated heterocycles. The molecule has 45 heavy (non-hydrogen) atoms. The number of amides is 2. The Kier molecular flexibility index (Phi) is 10.9. The first-order valence-electron chi connectivity index (χ1n) is 14.2. The summed E-state index contributed by atoms with van der Waals surface area (Å²) < 4.78 is 28.9. The van der Waals surface area contributed by atoms with Crippen molar-refractivity contribution >= 4 is 44.8 Å². The van der Waals surface area contributed by atoms with Gasteiger partial charge in [0.1, 0.15) is 12.6 Å². The van der Waals surface area contributed by atoms with E-state index in [1.807, 2.05) is 30.3 Å². The second-order valence-corrected chi connectivity index (χ2v) is 12.8. The third-order valence-corrected chi connectivity index (χ3v) is 9.12. The summed E-state index contributed by atoms with van der Waals surface area (Å²) in [4.78, 5) is 40.1. The lowest BCUT2D eigenvalue weighted by Crippen LogP contribution is -2.54. The molecular formula is C33H33ClN4O6S. The highest BCUT2D eigenvalue weighted by atomic mass is 35.5. The zero-order valence-corrected chi connectivity index (χ0v) is 26.3. The van der Waals surface area contributed by atoms with Gasteiger partial charge in [-0.05, 0) is 55.3 Å². The number of nitro benzene ring substituents is 1. The second-order valence-electron chi connectivity index (χ2n) is 10.6. The molecule has 0 bridgehead atoms. The number of non-ortho nitro benzene ring substituents is 1. The average molecular weight is 649 g/mol. The van der Waals surface area contributed by atoms with Crippen molar-refractivity contribution in [3.05, 3.63) is 135 Å². The number of nitro groups is 1. The number of hydrogen-bond donors (Lipinski definition) is 1. The number of anilines is 1.